The second kappa shape index (κ2) is 6.28. The Morgan fingerprint density at radius 3 is 2.65 bits per heavy atom. The minimum Gasteiger partial charge on any atom is -0.493 e. The van der Waals surface area contributed by atoms with Crippen LogP contribution in [0.4, 0.5) is 0 Å². The van der Waals surface area contributed by atoms with Crippen molar-refractivity contribution in [2.24, 2.45) is 5.41 Å². The molecule has 0 saturated carbocycles. The van der Waals surface area contributed by atoms with Crippen LogP contribution in [0.1, 0.15) is 0 Å². The van der Waals surface area contributed by atoms with Gasteiger partial charge in [0, 0.05) is 16.9 Å². The quantitative estimate of drug-likeness (QED) is 0.753. The molecule has 1 aromatic rings. The maximum atomic E-state index is 9.25. The molecule has 3 nitrogen and oxygen atoms in total. The summed E-state index contributed by atoms with van der Waals surface area (Å²) in [6.45, 7) is 2.31. The Kier molecular flexibility index (Phi) is 4.71. The van der Waals surface area contributed by atoms with E-state index in [0.717, 1.165) is 17.3 Å². The van der Waals surface area contributed by atoms with Crippen molar-refractivity contribution < 1.29 is 14.6 Å². The molecule has 0 atom stereocenters. The molecule has 1 fully saturated rings. The van der Waals surface area contributed by atoms with Crippen LogP contribution in [0.3, 0.4) is 0 Å². The SMILES string of the molecule is OCC1(CSCCOc2ccccc2)COC1. The molecule has 0 aliphatic carbocycles. The Morgan fingerprint density at radius 2 is 2.06 bits per heavy atom. The fourth-order valence-corrected chi connectivity index (χ4v) is 2.67. The van der Waals surface area contributed by atoms with Gasteiger partial charge in [-0.2, -0.15) is 11.8 Å². The zero-order valence-electron chi connectivity index (χ0n) is 9.80. The number of thioether (sulfide) groups is 1. The second-order valence-corrected chi connectivity index (χ2v) is 5.47. The summed E-state index contributed by atoms with van der Waals surface area (Å²) in [6.07, 6.45) is 0. The van der Waals surface area contributed by atoms with Gasteiger partial charge >= 0.3 is 0 Å². The first kappa shape index (κ1) is 12.7. The molecule has 1 heterocycles. The van der Waals surface area contributed by atoms with E-state index in [4.69, 9.17) is 9.47 Å². The van der Waals surface area contributed by atoms with Gasteiger partial charge in [0.25, 0.3) is 0 Å². The topological polar surface area (TPSA) is 38.7 Å². The number of rotatable bonds is 7. The van der Waals surface area contributed by atoms with Crippen LogP contribution in [-0.2, 0) is 4.74 Å². The highest BCUT2D eigenvalue weighted by molar-refractivity contribution is 7.99. The molecule has 1 aliphatic heterocycles. The molecule has 0 amide bonds. The van der Waals surface area contributed by atoms with Crippen molar-refractivity contribution >= 4 is 11.8 Å². The summed E-state index contributed by atoms with van der Waals surface area (Å²) < 4.78 is 10.7. The smallest absolute Gasteiger partial charge is 0.119 e. The molecule has 17 heavy (non-hydrogen) atoms. The predicted molar refractivity (Wildman–Crippen MR) is 69.6 cm³/mol. The van der Waals surface area contributed by atoms with E-state index in [-0.39, 0.29) is 12.0 Å². The van der Waals surface area contributed by atoms with Crippen LogP contribution in [0, 0.1) is 5.41 Å². The van der Waals surface area contributed by atoms with E-state index in [1.165, 1.54) is 0 Å². The zero-order chi connectivity index (χ0) is 12.0. The first-order chi connectivity index (χ1) is 8.35. The number of hydrogen-bond donors (Lipinski definition) is 1. The van der Waals surface area contributed by atoms with Crippen LogP contribution in [0.25, 0.3) is 0 Å². The van der Waals surface area contributed by atoms with Crippen molar-refractivity contribution in [1.82, 2.24) is 0 Å². The highest BCUT2D eigenvalue weighted by Crippen LogP contribution is 2.30. The molecule has 2 rings (SSSR count). The largest absolute Gasteiger partial charge is 0.493 e. The van der Waals surface area contributed by atoms with E-state index in [0.29, 0.717) is 19.8 Å². The third-order valence-electron chi connectivity index (χ3n) is 2.80. The fraction of sp³-hybridized carbons (Fsp3) is 0.538. The standard InChI is InChI=1S/C13H18O3S/c14-8-13(9-15-10-13)11-17-7-6-16-12-4-2-1-3-5-12/h1-5,14H,6-11H2. The van der Waals surface area contributed by atoms with E-state index in [1.807, 2.05) is 42.1 Å². The number of hydrogen-bond acceptors (Lipinski definition) is 4. The van der Waals surface area contributed by atoms with Crippen LogP contribution in [0.15, 0.2) is 30.3 Å². The lowest BCUT2D eigenvalue weighted by atomic mass is 9.90. The van der Waals surface area contributed by atoms with Gasteiger partial charge in [-0.1, -0.05) is 18.2 Å². The Bertz CT molecular complexity index is 319. The van der Waals surface area contributed by atoms with Gasteiger partial charge in [-0.15, -0.1) is 0 Å². The first-order valence-electron chi connectivity index (χ1n) is 5.79. The minimum absolute atomic E-state index is 0.0113. The zero-order valence-corrected chi connectivity index (χ0v) is 10.6. The van der Waals surface area contributed by atoms with Crippen molar-refractivity contribution in [3.05, 3.63) is 30.3 Å². The molecule has 1 saturated heterocycles. The van der Waals surface area contributed by atoms with E-state index in [9.17, 15) is 5.11 Å². The molecule has 1 N–H and O–H groups in total. The molecule has 1 aliphatic rings. The fourth-order valence-electron chi connectivity index (χ4n) is 1.63. The van der Waals surface area contributed by atoms with Crippen LogP contribution < -0.4 is 4.74 Å². The number of benzene rings is 1. The van der Waals surface area contributed by atoms with Crippen LogP contribution >= 0.6 is 11.8 Å². The van der Waals surface area contributed by atoms with E-state index in [2.05, 4.69) is 0 Å². The molecule has 0 aromatic heterocycles. The normalized spacial score (nSPS) is 17.5. The lowest BCUT2D eigenvalue weighted by molar-refractivity contribution is -0.121. The molecule has 0 radical (unpaired) electrons. The Morgan fingerprint density at radius 1 is 1.29 bits per heavy atom. The lowest BCUT2D eigenvalue weighted by Gasteiger charge is -2.39. The van der Waals surface area contributed by atoms with Gasteiger partial charge in [0.15, 0.2) is 0 Å². The summed E-state index contributed by atoms with van der Waals surface area (Å²) in [4.78, 5) is 0. The van der Waals surface area contributed by atoms with Crippen LogP contribution in [0.5, 0.6) is 5.75 Å². The van der Waals surface area contributed by atoms with Gasteiger partial charge in [-0.3, -0.25) is 0 Å². The number of para-hydroxylation sites is 1. The first-order valence-corrected chi connectivity index (χ1v) is 6.94. The molecule has 1 aromatic carbocycles. The van der Waals surface area contributed by atoms with Gasteiger partial charge in [-0.25, -0.2) is 0 Å². The van der Waals surface area contributed by atoms with Crippen molar-refractivity contribution in [3.8, 4) is 5.75 Å². The van der Waals surface area contributed by atoms with E-state index >= 15 is 0 Å². The summed E-state index contributed by atoms with van der Waals surface area (Å²) >= 11 is 1.81. The molecule has 0 unspecified atom stereocenters. The number of ether oxygens (including phenoxy) is 2. The van der Waals surface area contributed by atoms with Gasteiger partial charge in [0.05, 0.1) is 26.4 Å². The third kappa shape index (κ3) is 3.63. The number of aliphatic hydroxyl groups is 1. The molecule has 94 valence electrons. The highest BCUT2D eigenvalue weighted by Gasteiger charge is 2.37. The predicted octanol–water partition coefficient (Wildman–Crippen LogP) is 1.81. The van der Waals surface area contributed by atoms with E-state index < -0.39 is 0 Å². The average Bonchev–Trinajstić information content (AvgIpc) is 2.33. The molecule has 0 spiro atoms. The van der Waals surface area contributed by atoms with Crippen molar-refractivity contribution in [2.75, 3.05) is 37.9 Å². The summed E-state index contributed by atoms with van der Waals surface area (Å²) in [5.74, 6) is 2.80. The minimum atomic E-state index is 0.0113. The van der Waals surface area contributed by atoms with Gasteiger partial charge in [0.2, 0.25) is 0 Å². The summed E-state index contributed by atoms with van der Waals surface area (Å²) in [7, 11) is 0. The second-order valence-electron chi connectivity index (χ2n) is 4.37. The van der Waals surface area contributed by atoms with Crippen molar-refractivity contribution in [3.63, 3.8) is 0 Å². The third-order valence-corrected chi connectivity index (χ3v) is 4.07. The monoisotopic (exact) mass is 254 g/mol. The molecule has 4 heteroatoms. The molecular weight excluding hydrogens is 236 g/mol. The Balaban J connectivity index is 1.58. The maximum absolute atomic E-state index is 9.25. The maximum Gasteiger partial charge on any atom is 0.119 e. The van der Waals surface area contributed by atoms with Gasteiger partial charge < -0.3 is 14.6 Å². The van der Waals surface area contributed by atoms with Crippen molar-refractivity contribution in [2.45, 2.75) is 0 Å². The molecule has 0 bridgehead atoms. The average molecular weight is 254 g/mol. The van der Waals surface area contributed by atoms with Crippen LogP contribution in [-0.4, -0.2) is 43.0 Å². The Hall–Kier alpha value is -0.710. The summed E-state index contributed by atoms with van der Waals surface area (Å²) in [5, 5.41) is 9.25. The summed E-state index contributed by atoms with van der Waals surface area (Å²) in [6, 6.07) is 9.83. The van der Waals surface area contributed by atoms with Crippen LogP contribution in [0.2, 0.25) is 0 Å². The van der Waals surface area contributed by atoms with Gasteiger partial charge in [0.1, 0.15) is 5.75 Å². The summed E-state index contributed by atoms with van der Waals surface area (Å²) in [5.41, 5.74) is 0.0113. The van der Waals surface area contributed by atoms with Crippen molar-refractivity contribution in [1.29, 1.82) is 0 Å². The van der Waals surface area contributed by atoms with Gasteiger partial charge in [-0.05, 0) is 12.1 Å². The highest BCUT2D eigenvalue weighted by atomic mass is 32.2. The number of aliphatic hydroxyl groups excluding tert-OH is 1. The van der Waals surface area contributed by atoms with E-state index in [1.54, 1.807) is 0 Å². The Labute approximate surface area is 106 Å². The lowest BCUT2D eigenvalue weighted by Crippen LogP contribution is -2.47. The molecular formula is C13H18O3S.